The van der Waals surface area contributed by atoms with Crippen molar-refractivity contribution in [1.82, 2.24) is 10.2 Å². The molecule has 2 heterocycles. The standard InChI is InChI=1S/C12H24N2O/c1-10-6-13-7-11(10)8-14-4-5-15-9-12(14,2)3/h10-11,13H,4-9H2,1-3H3. The number of ether oxygens (including phenoxy) is 1. The molecule has 2 saturated heterocycles. The predicted octanol–water partition coefficient (Wildman–Crippen LogP) is 0.953. The second-order valence-electron chi connectivity index (χ2n) is 5.71. The molecule has 2 aliphatic rings. The van der Waals surface area contributed by atoms with E-state index >= 15 is 0 Å². The van der Waals surface area contributed by atoms with Crippen molar-refractivity contribution in [2.24, 2.45) is 11.8 Å². The Morgan fingerprint density at radius 2 is 2.20 bits per heavy atom. The molecular weight excluding hydrogens is 188 g/mol. The zero-order valence-electron chi connectivity index (χ0n) is 10.3. The first-order valence-electron chi connectivity index (χ1n) is 6.13. The van der Waals surface area contributed by atoms with Crippen LogP contribution in [0.15, 0.2) is 0 Å². The molecule has 0 aromatic heterocycles. The highest BCUT2D eigenvalue weighted by molar-refractivity contribution is 4.89. The van der Waals surface area contributed by atoms with Gasteiger partial charge in [0, 0.05) is 18.6 Å². The fraction of sp³-hybridized carbons (Fsp3) is 1.00. The van der Waals surface area contributed by atoms with Crippen molar-refractivity contribution in [2.75, 3.05) is 39.4 Å². The Kier molecular flexibility index (Phi) is 3.33. The summed E-state index contributed by atoms with van der Waals surface area (Å²) in [7, 11) is 0. The minimum atomic E-state index is 0.223. The maximum Gasteiger partial charge on any atom is 0.0645 e. The van der Waals surface area contributed by atoms with Crippen molar-refractivity contribution >= 4 is 0 Å². The average molecular weight is 212 g/mol. The maximum atomic E-state index is 5.55. The van der Waals surface area contributed by atoms with Crippen LogP contribution in [0.4, 0.5) is 0 Å². The highest BCUT2D eigenvalue weighted by Gasteiger charge is 2.34. The van der Waals surface area contributed by atoms with Crippen molar-refractivity contribution in [1.29, 1.82) is 0 Å². The Labute approximate surface area is 93.2 Å². The summed E-state index contributed by atoms with van der Waals surface area (Å²) in [5, 5.41) is 3.48. The lowest BCUT2D eigenvalue weighted by molar-refractivity contribution is -0.0579. The van der Waals surface area contributed by atoms with Crippen molar-refractivity contribution in [2.45, 2.75) is 26.3 Å². The van der Waals surface area contributed by atoms with Gasteiger partial charge in [0.2, 0.25) is 0 Å². The molecule has 2 fully saturated rings. The van der Waals surface area contributed by atoms with Crippen LogP contribution < -0.4 is 5.32 Å². The highest BCUT2D eigenvalue weighted by atomic mass is 16.5. The molecule has 2 atom stereocenters. The second-order valence-corrected chi connectivity index (χ2v) is 5.71. The molecule has 0 radical (unpaired) electrons. The average Bonchev–Trinajstić information content (AvgIpc) is 2.56. The Morgan fingerprint density at radius 3 is 2.80 bits per heavy atom. The van der Waals surface area contributed by atoms with Gasteiger partial charge < -0.3 is 10.1 Å². The van der Waals surface area contributed by atoms with E-state index in [4.69, 9.17) is 4.74 Å². The summed E-state index contributed by atoms with van der Waals surface area (Å²) in [5.74, 6) is 1.64. The number of hydrogen-bond donors (Lipinski definition) is 1. The van der Waals surface area contributed by atoms with E-state index in [9.17, 15) is 0 Å². The van der Waals surface area contributed by atoms with Gasteiger partial charge in [0.05, 0.1) is 13.2 Å². The molecule has 15 heavy (non-hydrogen) atoms. The molecule has 0 aromatic rings. The summed E-state index contributed by atoms with van der Waals surface area (Å²) in [6.07, 6.45) is 0. The van der Waals surface area contributed by atoms with Crippen LogP contribution in [0.3, 0.4) is 0 Å². The Bertz CT molecular complexity index is 218. The van der Waals surface area contributed by atoms with Gasteiger partial charge in [-0.15, -0.1) is 0 Å². The molecule has 1 N–H and O–H groups in total. The molecule has 0 spiro atoms. The Hall–Kier alpha value is -0.120. The summed E-state index contributed by atoms with van der Waals surface area (Å²) in [4.78, 5) is 2.60. The van der Waals surface area contributed by atoms with Crippen LogP contribution in [0.2, 0.25) is 0 Å². The summed E-state index contributed by atoms with van der Waals surface area (Å²) < 4.78 is 5.55. The first-order chi connectivity index (χ1) is 7.09. The fourth-order valence-corrected chi connectivity index (χ4v) is 2.62. The third-order valence-corrected chi connectivity index (χ3v) is 3.95. The third kappa shape index (κ3) is 2.52. The molecule has 88 valence electrons. The van der Waals surface area contributed by atoms with Gasteiger partial charge >= 0.3 is 0 Å². The summed E-state index contributed by atoms with van der Waals surface area (Å²) >= 11 is 0. The van der Waals surface area contributed by atoms with E-state index in [-0.39, 0.29) is 5.54 Å². The van der Waals surface area contributed by atoms with Crippen LogP contribution in [0, 0.1) is 11.8 Å². The quantitative estimate of drug-likeness (QED) is 0.737. The van der Waals surface area contributed by atoms with Gasteiger partial charge in [-0.05, 0) is 38.8 Å². The molecule has 0 aromatic carbocycles. The minimum Gasteiger partial charge on any atom is -0.378 e. The molecule has 2 rings (SSSR count). The molecule has 2 unspecified atom stereocenters. The van der Waals surface area contributed by atoms with Crippen LogP contribution in [0.1, 0.15) is 20.8 Å². The number of rotatable bonds is 2. The van der Waals surface area contributed by atoms with Gasteiger partial charge in [-0.25, -0.2) is 0 Å². The van der Waals surface area contributed by atoms with Crippen molar-refractivity contribution in [3.8, 4) is 0 Å². The number of nitrogens with one attached hydrogen (secondary N) is 1. The lowest BCUT2D eigenvalue weighted by Crippen LogP contribution is -2.54. The monoisotopic (exact) mass is 212 g/mol. The largest absolute Gasteiger partial charge is 0.378 e. The Balaban J connectivity index is 1.92. The predicted molar refractivity (Wildman–Crippen MR) is 62.0 cm³/mol. The maximum absolute atomic E-state index is 5.55. The molecule has 3 nitrogen and oxygen atoms in total. The van der Waals surface area contributed by atoms with Gasteiger partial charge in [0.1, 0.15) is 0 Å². The number of hydrogen-bond acceptors (Lipinski definition) is 3. The SMILES string of the molecule is CC1CNCC1CN1CCOCC1(C)C. The highest BCUT2D eigenvalue weighted by Crippen LogP contribution is 2.24. The third-order valence-electron chi connectivity index (χ3n) is 3.95. The summed E-state index contributed by atoms with van der Waals surface area (Å²) in [6, 6.07) is 0. The fourth-order valence-electron chi connectivity index (χ4n) is 2.62. The topological polar surface area (TPSA) is 24.5 Å². The lowest BCUT2D eigenvalue weighted by Gasteiger charge is -2.43. The van der Waals surface area contributed by atoms with E-state index in [1.165, 1.54) is 19.6 Å². The van der Waals surface area contributed by atoms with Crippen LogP contribution >= 0.6 is 0 Å². The Morgan fingerprint density at radius 1 is 1.40 bits per heavy atom. The second kappa shape index (κ2) is 4.40. The summed E-state index contributed by atoms with van der Waals surface area (Å²) in [5.41, 5.74) is 0.223. The molecule has 0 saturated carbocycles. The van der Waals surface area contributed by atoms with E-state index in [0.29, 0.717) is 0 Å². The first kappa shape index (κ1) is 11.4. The normalized spacial score (nSPS) is 37.0. The molecule has 0 aliphatic carbocycles. The van der Waals surface area contributed by atoms with Crippen LogP contribution in [-0.2, 0) is 4.74 Å². The van der Waals surface area contributed by atoms with Gasteiger partial charge in [-0.2, -0.15) is 0 Å². The van der Waals surface area contributed by atoms with Crippen LogP contribution in [0.5, 0.6) is 0 Å². The van der Waals surface area contributed by atoms with Crippen molar-refractivity contribution in [3.63, 3.8) is 0 Å². The van der Waals surface area contributed by atoms with Gasteiger partial charge in [-0.1, -0.05) is 6.92 Å². The first-order valence-corrected chi connectivity index (χ1v) is 6.13. The molecule has 0 bridgehead atoms. The summed E-state index contributed by atoms with van der Waals surface area (Å²) in [6.45, 7) is 13.4. The van der Waals surface area contributed by atoms with Gasteiger partial charge in [0.25, 0.3) is 0 Å². The number of nitrogens with zero attached hydrogens (tertiary/aromatic N) is 1. The van der Waals surface area contributed by atoms with Gasteiger partial charge in [0.15, 0.2) is 0 Å². The van der Waals surface area contributed by atoms with E-state index < -0.39 is 0 Å². The molecule has 0 amide bonds. The molecule has 3 heteroatoms. The van der Waals surface area contributed by atoms with Crippen molar-refractivity contribution < 1.29 is 4.74 Å². The lowest BCUT2D eigenvalue weighted by atomic mass is 9.94. The zero-order valence-corrected chi connectivity index (χ0v) is 10.3. The van der Waals surface area contributed by atoms with Crippen LogP contribution in [0.25, 0.3) is 0 Å². The van der Waals surface area contributed by atoms with Crippen molar-refractivity contribution in [3.05, 3.63) is 0 Å². The van der Waals surface area contributed by atoms with Crippen LogP contribution in [-0.4, -0.2) is 49.8 Å². The van der Waals surface area contributed by atoms with E-state index in [0.717, 1.165) is 31.6 Å². The minimum absolute atomic E-state index is 0.223. The molecule has 2 aliphatic heterocycles. The van der Waals surface area contributed by atoms with E-state index in [1.54, 1.807) is 0 Å². The van der Waals surface area contributed by atoms with E-state index in [2.05, 4.69) is 31.0 Å². The smallest absolute Gasteiger partial charge is 0.0645 e. The number of morpholine rings is 1. The van der Waals surface area contributed by atoms with Gasteiger partial charge in [-0.3, -0.25) is 4.90 Å². The zero-order chi connectivity index (χ0) is 10.9. The van der Waals surface area contributed by atoms with E-state index in [1.807, 2.05) is 0 Å². The molecular formula is C12H24N2O.